The lowest BCUT2D eigenvalue weighted by Gasteiger charge is -2.24. The molecule has 0 bridgehead atoms. The van der Waals surface area contributed by atoms with E-state index >= 15 is 0 Å². The predicted molar refractivity (Wildman–Crippen MR) is 136 cm³/mol. The fourth-order valence-corrected chi connectivity index (χ4v) is 4.80. The Morgan fingerprint density at radius 2 is 1.94 bits per heavy atom. The highest BCUT2D eigenvalue weighted by molar-refractivity contribution is 7.05. The van der Waals surface area contributed by atoms with Crippen molar-refractivity contribution >= 4 is 35.2 Å². The monoisotopic (exact) mass is 514 g/mol. The number of hydrogen-bond donors (Lipinski definition) is 3. The number of fused-ring (bicyclic) bond motifs is 1. The molecule has 0 spiro atoms. The summed E-state index contributed by atoms with van der Waals surface area (Å²) in [6, 6.07) is 7.23. The summed E-state index contributed by atoms with van der Waals surface area (Å²) < 4.78 is 9.53. The molecule has 10 heteroatoms. The van der Waals surface area contributed by atoms with E-state index in [-0.39, 0.29) is 18.9 Å². The van der Waals surface area contributed by atoms with Gasteiger partial charge in [0, 0.05) is 24.0 Å². The first-order chi connectivity index (χ1) is 17.3. The Morgan fingerprint density at radius 3 is 2.69 bits per heavy atom. The molecular formula is C26H34N4O5S. The standard InChI is InChI=1S/C26H34N4O5S/c1-17(2)13-21(30-26(34)35-16-18-9-5-3-6-10-18)24(32)29-20-14-19-15-28-36-22(19)11-7-4-8-12-27-25(33)23(20)31/h3,5-6,9-10,15,17,20-21H,4,7-8,11-14,16H2,1-2H3,(H,27,33)(H,29,32)(H,30,34). The van der Waals surface area contributed by atoms with E-state index in [4.69, 9.17) is 4.74 Å². The van der Waals surface area contributed by atoms with Gasteiger partial charge in [0.1, 0.15) is 18.7 Å². The van der Waals surface area contributed by atoms with Gasteiger partial charge in [0.15, 0.2) is 0 Å². The number of amides is 3. The molecule has 1 aromatic heterocycles. The minimum atomic E-state index is -1.07. The lowest BCUT2D eigenvalue weighted by atomic mass is 9.98. The average Bonchev–Trinajstić information content (AvgIpc) is 3.29. The number of alkyl carbamates (subject to hydrolysis) is 1. The van der Waals surface area contributed by atoms with Crippen LogP contribution in [0.25, 0.3) is 0 Å². The summed E-state index contributed by atoms with van der Waals surface area (Å²) in [5, 5.41) is 8.00. The third kappa shape index (κ3) is 8.44. The fraction of sp³-hybridized carbons (Fsp3) is 0.500. The zero-order valence-corrected chi connectivity index (χ0v) is 21.6. The van der Waals surface area contributed by atoms with Gasteiger partial charge in [-0.3, -0.25) is 14.4 Å². The van der Waals surface area contributed by atoms with Crippen molar-refractivity contribution in [3.63, 3.8) is 0 Å². The molecule has 0 saturated carbocycles. The average molecular weight is 515 g/mol. The number of hydrogen-bond acceptors (Lipinski definition) is 7. The Morgan fingerprint density at radius 1 is 1.17 bits per heavy atom. The van der Waals surface area contributed by atoms with E-state index < -0.39 is 35.8 Å². The number of Topliss-reactive ketones (excluding diaryl/α,β-unsaturated/α-hetero) is 1. The number of ether oxygens (including phenoxy) is 1. The Labute approximate surface area is 215 Å². The lowest BCUT2D eigenvalue weighted by molar-refractivity contribution is -0.140. The van der Waals surface area contributed by atoms with Crippen LogP contribution in [-0.4, -0.2) is 46.7 Å². The van der Waals surface area contributed by atoms with Crippen LogP contribution in [0.2, 0.25) is 0 Å². The normalized spacial score (nSPS) is 17.7. The fourth-order valence-electron chi connectivity index (χ4n) is 4.00. The summed E-state index contributed by atoms with van der Waals surface area (Å²) in [7, 11) is 0. The quantitative estimate of drug-likeness (QED) is 0.488. The molecule has 0 fully saturated rings. The van der Waals surface area contributed by atoms with Gasteiger partial charge in [0.05, 0.1) is 0 Å². The molecule has 9 nitrogen and oxygen atoms in total. The molecule has 3 N–H and O–H groups in total. The number of aryl methyl sites for hydroxylation is 1. The number of rotatable bonds is 7. The molecule has 0 saturated heterocycles. The second-order valence-corrected chi connectivity index (χ2v) is 10.2. The minimum Gasteiger partial charge on any atom is -0.445 e. The van der Waals surface area contributed by atoms with Crippen molar-refractivity contribution in [3.05, 3.63) is 52.5 Å². The Hall–Kier alpha value is -3.27. The van der Waals surface area contributed by atoms with E-state index in [1.807, 2.05) is 44.2 Å². The number of carbonyl (C=O) groups excluding carboxylic acids is 4. The molecule has 2 aromatic rings. The van der Waals surface area contributed by atoms with Crippen molar-refractivity contribution in [2.45, 2.75) is 71.1 Å². The Balaban J connectivity index is 1.71. The van der Waals surface area contributed by atoms with Gasteiger partial charge in [-0.15, -0.1) is 0 Å². The number of nitrogens with one attached hydrogen (secondary N) is 3. The summed E-state index contributed by atoms with van der Waals surface area (Å²) >= 11 is 1.38. The van der Waals surface area contributed by atoms with Crippen molar-refractivity contribution in [1.82, 2.24) is 20.3 Å². The van der Waals surface area contributed by atoms with Gasteiger partial charge in [0.25, 0.3) is 5.91 Å². The third-order valence-electron chi connectivity index (χ3n) is 5.91. The van der Waals surface area contributed by atoms with Crippen molar-refractivity contribution < 1.29 is 23.9 Å². The van der Waals surface area contributed by atoms with Crippen LogP contribution in [0.3, 0.4) is 0 Å². The summed E-state index contributed by atoms with van der Waals surface area (Å²) in [6.07, 6.45) is 4.98. The van der Waals surface area contributed by atoms with E-state index in [0.717, 1.165) is 41.7 Å². The second-order valence-electron chi connectivity index (χ2n) is 9.36. The third-order valence-corrected chi connectivity index (χ3v) is 6.80. The second kappa shape index (κ2) is 13.7. The van der Waals surface area contributed by atoms with Crippen molar-refractivity contribution in [2.75, 3.05) is 6.54 Å². The van der Waals surface area contributed by atoms with Crippen LogP contribution in [0.15, 0.2) is 36.5 Å². The molecule has 0 radical (unpaired) electrons. The van der Waals surface area contributed by atoms with Crippen molar-refractivity contribution in [3.8, 4) is 0 Å². The van der Waals surface area contributed by atoms with E-state index in [9.17, 15) is 19.2 Å². The SMILES string of the molecule is CC(C)CC(NC(=O)OCc1ccccc1)C(=O)NC1Cc2cnsc2CCCCCNC(=O)C1=O. The smallest absolute Gasteiger partial charge is 0.408 e. The molecule has 2 unspecified atom stereocenters. The Bertz CT molecular complexity index is 1040. The highest BCUT2D eigenvalue weighted by Crippen LogP contribution is 2.20. The molecule has 1 aliphatic rings. The highest BCUT2D eigenvalue weighted by atomic mass is 32.1. The van der Waals surface area contributed by atoms with Gasteiger partial charge in [-0.25, -0.2) is 9.17 Å². The van der Waals surface area contributed by atoms with Gasteiger partial charge >= 0.3 is 6.09 Å². The van der Waals surface area contributed by atoms with Crippen molar-refractivity contribution in [1.29, 1.82) is 0 Å². The number of benzene rings is 1. The lowest BCUT2D eigenvalue weighted by Crippen LogP contribution is -2.55. The largest absolute Gasteiger partial charge is 0.445 e. The first kappa shape index (κ1) is 27.3. The van der Waals surface area contributed by atoms with Crippen LogP contribution in [-0.2, 0) is 38.6 Å². The van der Waals surface area contributed by atoms with Crippen LogP contribution >= 0.6 is 11.5 Å². The predicted octanol–water partition coefficient (Wildman–Crippen LogP) is 2.92. The minimum absolute atomic E-state index is 0.0674. The van der Waals surface area contributed by atoms with Crippen LogP contribution in [0, 0.1) is 5.92 Å². The first-order valence-corrected chi connectivity index (χ1v) is 13.1. The van der Waals surface area contributed by atoms with Gasteiger partial charge in [-0.2, -0.15) is 0 Å². The van der Waals surface area contributed by atoms with E-state index in [0.29, 0.717) is 13.0 Å². The van der Waals surface area contributed by atoms with Crippen LogP contribution in [0.4, 0.5) is 4.79 Å². The van der Waals surface area contributed by atoms with Crippen molar-refractivity contribution in [2.24, 2.45) is 5.92 Å². The van der Waals surface area contributed by atoms with E-state index in [1.165, 1.54) is 11.5 Å². The molecular weight excluding hydrogens is 480 g/mol. The molecule has 2 atom stereocenters. The molecule has 36 heavy (non-hydrogen) atoms. The maximum Gasteiger partial charge on any atom is 0.408 e. The molecule has 3 rings (SSSR count). The maximum absolute atomic E-state index is 13.3. The van der Waals surface area contributed by atoms with E-state index in [2.05, 4.69) is 20.3 Å². The highest BCUT2D eigenvalue weighted by Gasteiger charge is 2.32. The molecule has 1 aromatic carbocycles. The molecule has 0 aliphatic carbocycles. The summed E-state index contributed by atoms with van der Waals surface area (Å²) in [6.45, 7) is 4.33. The molecule has 2 heterocycles. The zero-order chi connectivity index (χ0) is 25.9. The van der Waals surface area contributed by atoms with Gasteiger partial charge in [-0.1, -0.05) is 50.6 Å². The number of aromatic nitrogens is 1. The molecule has 1 aliphatic heterocycles. The number of ketones is 1. The maximum atomic E-state index is 13.3. The summed E-state index contributed by atoms with van der Waals surface area (Å²) in [5.74, 6) is -1.89. The molecule has 194 valence electrons. The van der Waals surface area contributed by atoms with E-state index in [1.54, 1.807) is 6.20 Å². The first-order valence-electron chi connectivity index (χ1n) is 12.4. The number of carbonyl (C=O) groups is 4. The summed E-state index contributed by atoms with van der Waals surface area (Å²) in [5.41, 5.74) is 1.67. The summed E-state index contributed by atoms with van der Waals surface area (Å²) in [4.78, 5) is 52.3. The van der Waals surface area contributed by atoms with Crippen LogP contribution in [0.5, 0.6) is 0 Å². The van der Waals surface area contributed by atoms with Crippen LogP contribution < -0.4 is 16.0 Å². The topological polar surface area (TPSA) is 126 Å². The van der Waals surface area contributed by atoms with Gasteiger partial charge in [-0.05, 0) is 54.3 Å². The zero-order valence-electron chi connectivity index (χ0n) is 20.7. The van der Waals surface area contributed by atoms with Gasteiger partial charge < -0.3 is 20.7 Å². The Kier molecular flexibility index (Phi) is 10.4. The van der Waals surface area contributed by atoms with Gasteiger partial charge in [0.2, 0.25) is 11.7 Å². The molecule has 3 amide bonds. The number of nitrogens with zero attached hydrogens (tertiary/aromatic N) is 1. The van der Waals surface area contributed by atoms with Crippen LogP contribution in [0.1, 0.15) is 55.5 Å².